The average Bonchev–Trinajstić information content (AvgIpc) is 3.51. The third-order valence-corrected chi connectivity index (χ3v) is 7.00. The van der Waals surface area contributed by atoms with Crippen molar-refractivity contribution in [3.63, 3.8) is 0 Å². The number of hydrogen-bond donors (Lipinski definition) is 0. The van der Waals surface area contributed by atoms with Crippen LogP contribution in [0.5, 0.6) is 5.75 Å². The molecule has 2 aliphatic rings. The van der Waals surface area contributed by atoms with E-state index in [0.29, 0.717) is 18.0 Å². The second-order valence-corrected chi connectivity index (χ2v) is 9.43. The number of aromatic nitrogens is 2. The van der Waals surface area contributed by atoms with Crippen molar-refractivity contribution in [3.8, 4) is 5.75 Å². The molecule has 0 spiro atoms. The van der Waals surface area contributed by atoms with Crippen molar-refractivity contribution in [2.75, 3.05) is 12.9 Å². The molecule has 1 heterocycles. The Bertz CT molecular complexity index is 1070. The summed E-state index contributed by atoms with van der Waals surface area (Å²) < 4.78 is 5.29. The zero-order valence-corrected chi connectivity index (χ0v) is 20.4. The standard InChI is InChI=1S/C21H22N2O3S.C5H10/c1-12(13(2)24)15-5-6-16(9-15)20(25)11-27-21-18-10-17(26-4)7-8-19(18)22-14(3)23-21;1-2-5-3-4-5/h5-8,10,12H,9,11H2,1-4H3;5H,2-4H2,1H3. The number of thioether (sulfide) groups is 1. The first kappa shape index (κ1) is 24.2. The van der Waals surface area contributed by atoms with Crippen molar-refractivity contribution >= 4 is 34.2 Å². The normalized spacial score (nSPS) is 16.0. The van der Waals surface area contributed by atoms with E-state index in [9.17, 15) is 9.59 Å². The summed E-state index contributed by atoms with van der Waals surface area (Å²) in [4.78, 5) is 33.1. The number of methoxy groups -OCH3 is 1. The van der Waals surface area contributed by atoms with Gasteiger partial charge in [-0.3, -0.25) is 9.59 Å². The summed E-state index contributed by atoms with van der Waals surface area (Å²) in [5.74, 6) is 2.87. The highest BCUT2D eigenvalue weighted by molar-refractivity contribution is 8.00. The monoisotopic (exact) mass is 452 g/mol. The maximum Gasteiger partial charge on any atom is 0.169 e. The molecule has 0 bridgehead atoms. The Morgan fingerprint density at radius 3 is 2.56 bits per heavy atom. The number of nitrogens with zero attached hydrogens (tertiary/aromatic N) is 2. The first-order valence-corrected chi connectivity index (χ1v) is 12.2. The van der Waals surface area contributed by atoms with E-state index in [1.165, 1.54) is 31.0 Å². The fourth-order valence-corrected chi connectivity index (χ4v) is 4.44. The molecule has 0 radical (unpaired) electrons. The number of ether oxygens (including phenoxy) is 1. The van der Waals surface area contributed by atoms with Crippen molar-refractivity contribution in [1.29, 1.82) is 0 Å². The summed E-state index contributed by atoms with van der Waals surface area (Å²) in [5.41, 5.74) is 2.58. The number of allylic oxidation sites excluding steroid dienone is 4. The van der Waals surface area contributed by atoms with E-state index in [0.717, 1.165) is 38.7 Å². The quantitative estimate of drug-likeness (QED) is 0.367. The zero-order chi connectivity index (χ0) is 23.3. The molecule has 5 nitrogen and oxygen atoms in total. The summed E-state index contributed by atoms with van der Waals surface area (Å²) in [5, 5.41) is 1.65. The van der Waals surface area contributed by atoms with Crippen molar-refractivity contribution in [1.82, 2.24) is 9.97 Å². The molecule has 32 heavy (non-hydrogen) atoms. The van der Waals surface area contributed by atoms with E-state index in [1.807, 2.05) is 44.2 Å². The van der Waals surface area contributed by atoms with E-state index in [2.05, 4.69) is 16.9 Å². The van der Waals surface area contributed by atoms with Gasteiger partial charge in [0.25, 0.3) is 0 Å². The maximum atomic E-state index is 12.6. The van der Waals surface area contributed by atoms with Crippen molar-refractivity contribution in [3.05, 3.63) is 47.3 Å². The lowest BCUT2D eigenvalue weighted by Gasteiger charge is -2.11. The lowest BCUT2D eigenvalue weighted by Crippen LogP contribution is -2.11. The number of benzene rings is 1. The summed E-state index contributed by atoms with van der Waals surface area (Å²) >= 11 is 1.41. The first-order chi connectivity index (χ1) is 15.3. The van der Waals surface area contributed by atoms with Crippen LogP contribution in [0.15, 0.2) is 46.5 Å². The van der Waals surface area contributed by atoms with Gasteiger partial charge in [-0.15, -0.1) is 0 Å². The van der Waals surface area contributed by atoms with Crippen LogP contribution < -0.4 is 4.74 Å². The number of rotatable bonds is 8. The van der Waals surface area contributed by atoms with Gasteiger partial charge in [0.1, 0.15) is 22.4 Å². The largest absolute Gasteiger partial charge is 0.497 e. The number of ketones is 2. The summed E-state index contributed by atoms with van der Waals surface area (Å²) in [6.45, 7) is 7.57. The molecule has 1 saturated carbocycles. The molecule has 1 fully saturated rings. The Balaban J connectivity index is 0.000000509. The minimum Gasteiger partial charge on any atom is -0.497 e. The lowest BCUT2D eigenvalue weighted by molar-refractivity contribution is -0.119. The predicted octanol–water partition coefficient (Wildman–Crippen LogP) is 5.90. The van der Waals surface area contributed by atoms with E-state index in [1.54, 1.807) is 14.0 Å². The van der Waals surface area contributed by atoms with E-state index < -0.39 is 0 Å². The van der Waals surface area contributed by atoms with Gasteiger partial charge < -0.3 is 4.74 Å². The van der Waals surface area contributed by atoms with Gasteiger partial charge in [-0.1, -0.05) is 62.6 Å². The van der Waals surface area contributed by atoms with E-state index in [-0.39, 0.29) is 17.5 Å². The highest BCUT2D eigenvalue weighted by Gasteiger charge is 2.22. The van der Waals surface area contributed by atoms with Crippen LogP contribution in [0.4, 0.5) is 0 Å². The Morgan fingerprint density at radius 1 is 1.22 bits per heavy atom. The van der Waals surface area contributed by atoms with Gasteiger partial charge >= 0.3 is 0 Å². The van der Waals surface area contributed by atoms with Crippen LogP contribution in [0.2, 0.25) is 0 Å². The van der Waals surface area contributed by atoms with Gasteiger partial charge in [-0.2, -0.15) is 0 Å². The smallest absolute Gasteiger partial charge is 0.169 e. The van der Waals surface area contributed by atoms with Gasteiger partial charge in [-0.25, -0.2) is 9.97 Å². The molecule has 1 atom stereocenters. The predicted molar refractivity (Wildman–Crippen MR) is 130 cm³/mol. The van der Waals surface area contributed by atoms with Crippen LogP contribution in [0.3, 0.4) is 0 Å². The van der Waals surface area contributed by atoms with Crippen molar-refractivity contribution in [2.45, 2.75) is 58.4 Å². The van der Waals surface area contributed by atoms with Gasteiger partial charge in [0.15, 0.2) is 5.78 Å². The molecule has 6 heteroatoms. The van der Waals surface area contributed by atoms with Crippen LogP contribution in [-0.4, -0.2) is 34.4 Å². The van der Waals surface area contributed by atoms with Gasteiger partial charge in [-0.05, 0) is 44.4 Å². The van der Waals surface area contributed by atoms with Crippen molar-refractivity contribution in [2.24, 2.45) is 11.8 Å². The molecule has 0 amide bonds. The molecule has 170 valence electrons. The fourth-order valence-electron chi connectivity index (χ4n) is 3.48. The number of carbonyl (C=O) groups excluding carboxylic acids is 2. The SMILES string of the molecule is CCC1CC1.COc1ccc2nc(C)nc(SCC(=O)C3=CC=C(C(C)C(C)=O)C3)c2c1. The number of aryl methyl sites for hydroxylation is 1. The molecule has 1 aromatic carbocycles. The molecule has 1 aromatic heterocycles. The molecule has 4 rings (SSSR count). The van der Waals surface area contributed by atoms with Crippen LogP contribution in [0.1, 0.15) is 52.3 Å². The molecular weight excluding hydrogens is 420 g/mol. The summed E-state index contributed by atoms with van der Waals surface area (Å²) in [6, 6.07) is 5.65. The number of hydrogen-bond acceptors (Lipinski definition) is 6. The molecule has 2 aliphatic carbocycles. The second kappa shape index (κ2) is 10.9. The van der Waals surface area contributed by atoms with Crippen LogP contribution >= 0.6 is 11.8 Å². The van der Waals surface area contributed by atoms with Crippen molar-refractivity contribution < 1.29 is 14.3 Å². The average molecular weight is 453 g/mol. The fraction of sp³-hybridized carbons (Fsp3) is 0.462. The minimum absolute atomic E-state index is 0.0642. The number of Topliss-reactive ketones (excluding diaryl/α,β-unsaturated/α-hetero) is 2. The highest BCUT2D eigenvalue weighted by atomic mass is 32.2. The zero-order valence-electron chi connectivity index (χ0n) is 19.6. The Morgan fingerprint density at radius 2 is 1.97 bits per heavy atom. The summed E-state index contributed by atoms with van der Waals surface area (Å²) in [7, 11) is 1.62. The molecular formula is C26H32N2O3S. The van der Waals surface area contributed by atoms with E-state index in [4.69, 9.17) is 4.74 Å². The van der Waals surface area contributed by atoms with Gasteiger partial charge in [0.05, 0.1) is 18.4 Å². The second-order valence-electron chi connectivity index (χ2n) is 8.47. The van der Waals surface area contributed by atoms with Gasteiger partial charge in [0.2, 0.25) is 0 Å². The van der Waals surface area contributed by atoms with Gasteiger partial charge in [0, 0.05) is 16.9 Å². The minimum atomic E-state index is -0.139. The number of carbonyl (C=O) groups is 2. The molecule has 1 unspecified atom stereocenters. The Hall–Kier alpha value is -2.47. The Kier molecular flexibility index (Phi) is 8.24. The van der Waals surface area contributed by atoms with E-state index >= 15 is 0 Å². The molecule has 0 aliphatic heterocycles. The molecule has 0 N–H and O–H groups in total. The van der Waals surface area contributed by atoms with Crippen LogP contribution in [0, 0.1) is 18.8 Å². The van der Waals surface area contributed by atoms with Crippen LogP contribution in [-0.2, 0) is 9.59 Å². The third kappa shape index (κ3) is 6.28. The summed E-state index contributed by atoms with van der Waals surface area (Å²) in [6.07, 6.45) is 8.73. The number of fused-ring (bicyclic) bond motifs is 1. The Labute approximate surface area is 194 Å². The van der Waals surface area contributed by atoms with Crippen LogP contribution in [0.25, 0.3) is 10.9 Å². The lowest BCUT2D eigenvalue weighted by atomic mass is 9.94. The maximum absolute atomic E-state index is 12.6. The highest BCUT2D eigenvalue weighted by Crippen LogP contribution is 2.32. The first-order valence-electron chi connectivity index (χ1n) is 11.2. The third-order valence-electron chi connectivity index (χ3n) is 6.01. The molecule has 0 saturated heterocycles. The molecule has 2 aromatic rings. The topological polar surface area (TPSA) is 69.2 Å².